The van der Waals surface area contributed by atoms with Crippen molar-refractivity contribution < 1.29 is 4.74 Å². The van der Waals surface area contributed by atoms with Crippen LogP contribution in [0.2, 0.25) is 0 Å². The zero-order valence-electron chi connectivity index (χ0n) is 9.64. The zero-order valence-corrected chi connectivity index (χ0v) is 9.64. The van der Waals surface area contributed by atoms with Crippen LogP contribution < -0.4 is 0 Å². The maximum atomic E-state index is 5.66. The highest BCUT2D eigenvalue weighted by atomic mass is 16.5. The largest absolute Gasteiger partial charge is 0.378 e. The van der Waals surface area contributed by atoms with E-state index in [4.69, 9.17) is 4.74 Å². The molecular formula is C14H19NO. The molecule has 2 aliphatic heterocycles. The standard InChI is InChI=1S/C14H19NO/c1-2-5-12(6-3-1)9-15-13-7-4-8-14(15)11-16-10-13/h1-3,5-6,13-14H,4,7-11H2. The molecule has 1 aromatic carbocycles. The number of ether oxygens (including phenoxy) is 1. The molecule has 2 aliphatic rings. The molecule has 0 aliphatic carbocycles. The smallest absolute Gasteiger partial charge is 0.0622 e. The van der Waals surface area contributed by atoms with E-state index in [0.29, 0.717) is 12.1 Å². The Morgan fingerprint density at radius 1 is 1.06 bits per heavy atom. The van der Waals surface area contributed by atoms with Crippen LogP contribution in [-0.4, -0.2) is 30.2 Å². The van der Waals surface area contributed by atoms with Crippen LogP contribution in [-0.2, 0) is 11.3 Å². The Labute approximate surface area is 97.2 Å². The van der Waals surface area contributed by atoms with Gasteiger partial charge in [0, 0.05) is 18.6 Å². The molecule has 0 radical (unpaired) electrons. The maximum absolute atomic E-state index is 5.66. The Morgan fingerprint density at radius 2 is 1.75 bits per heavy atom. The van der Waals surface area contributed by atoms with Gasteiger partial charge < -0.3 is 4.74 Å². The first-order valence-corrected chi connectivity index (χ1v) is 6.31. The molecule has 2 bridgehead atoms. The van der Waals surface area contributed by atoms with Crippen molar-refractivity contribution in [3.05, 3.63) is 35.9 Å². The molecular weight excluding hydrogens is 198 g/mol. The van der Waals surface area contributed by atoms with E-state index in [1.807, 2.05) is 0 Å². The van der Waals surface area contributed by atoms with Crippen molar-refractivity contribution >= 4 is 0 Å². The van der Waals surface area contributed by atoms with Gasteiger partial charge in [-0.3, -0.25) is 4.90 Å². The monoisotopic (exact) mass is 217 g/mol. The van der Waals surface area contributed by atoms with Crippen molar-refractivity contribution in [2.45, 2.75) is 37.9 Å². The summed E-state index contributed by atoms with van der Waals surface area (Å²) in [6.45, 7) is 2.96. The molecule has 2 heteroatoms. The van der Waals surface area contributed by atoms with Crippen LogP contribution in [0.25, 0.3) is 0 Å². The normalized spacial score (nSPS) is 30.2. The van der Waals surface area contributed by atoms with Crippen LogP contribution in [0.5, 0.6) is 0 Å². The van der Waals surface area contributed by atoms with Crippen molar-refractivity contribution in [2.24, 2.45) is 0 Å². The summed E-state index contributed by atoms with van der Waals surface area (Å²) in [6, 6.07) is 12.1. The number of fused-ring (bicyclic) bond motifs is 2. The van der Waals surface area contributed by atoms with E-state index in [9.17, 15) is 0 Å². The van der Waals surface area contributed by atoms with Crippen LogP contribution in [0.15, 0.2) is 30.3 Å². The lowest BCUT2D eigenvalue weighted by Gasteiger charge is -2.45. The highest BCUT2D eigenvalue weighted by molar-refractivity contribution is 5.15. The number of benzene rings is 1. The molecule has 0 amide bonds. The highest BCUT2D eigenvalue weighted by Gasteiger charge is 2.34. The third-order valence-corrected chi connectivity index (χ3v) is 3.84. The van der Waals surface area contributed by atoms with Crippen LogP contribution in [0, 0.1) is 0 Å². The minimum Gasteiger partial charge on any atom is -0.378 e. The second-order valence-electron chi connectivity index (χ2n) is 4.93. The van der Waals surface area contributed by atoms with Crippen molar-refractivity contribution in [3.63, 3.8) is 0 Å². The van der Waals surface area contributed by atoms with Crippen LogP contribution in [0.4, 0.5) is 0 Å². The topological polar surface area (TPSA) is 12.5 Å². The summed E-state index contributed by atoms with van der Waals surface area (Å²) in [6.07, 6.45) is 4.00. The number of rotatable bonds is 2. The average Bonchev–Trinajstić information content (AvgIpc) is 2.30. The Balaban J connectivity index is 1.74. The average molecular weight is 217 g/mol. The molecule has 0 N–H and O–H groups in total. The molecule has 2 saturated heterocycles. The van der Waals surface area contributed by atoms with E-state index >= 15 is 0 Å². The minimum absolute atomic E-state index is 0.660. The molecule has 2 atom stereocenters. The molecule has 0 saturated carbocycles. The van der Waals surface area contributed by atoms with Gasteiger partial charge >= 0.3 is 0 Å². The van der Waals surface area contributed by atoms with E-state index in [1.165, 1.54) is 24.8 Å². The molecule has 2 unspecified atom stereocenters. The van der Waals surface area contributed by atoms with Crippen molar-refractivity contribution in [1.82, 2.24) is 4.90 Å². The second-order valence-corrected chi connectivity index (χ2v) is 4.93. The fraction of sp³-hybridized carbons (Fsp3) is 0.571. The summed E-state index contributed by atoms with van der Waals surface area (Å²) in [4.78, 5) is 2.66. The molecule has 2 heterocycles. The van der Waals surface area contributed by atoms with Gasteiger partial charge in [0.1, 0.15) is 0 Å². The Hall–Kier alpha value is -0.860. The summed E-state index contributed by atoms with van der Waals surface area (Å²) in [5.41, 5.74) is 1.43. The van der Waals surface area contributed by atoms with Crippen LogP contribution in [0.3, 0.4) is 0 Å². The fourth-order valence-electron chi connectivity index (χ4n) is 2.97. The number of nitrogens with zero attached hydrogens (tertiary/aromatic N) is 1. The van der Waals surface area contributed by atoms with Gasteiger partial charge in [-0.05, 0) is 18.4 Å². The van der Waals surface area contributed by atoms with Gasteiger partial charge in [0.2, 0.25) is 0 Å². The van der Waals surface area contributed by atoms with E-state index in [2.05, 4.69) is 35.2 Å². The van der Waals surface area contributed by atoms with Crippen molar-refractivity contribution in [3.8, 4) is 0 Å². The van der Waals surface area contributed by atoms with Gasteiger partial charge in [-0.25, -0.2) is 0 Å². The molecule has 0 aromatic heterocycles. The highest BCUT2D eigenvalue weighted by Crippen LogP contribution is 2.28. The number of piperidine rings is 1. The lowest BCUT2D eigenvalue weighted by molar-refractivity contribution is -0.0774. The quantitative estimate of drug-likeness (QED) is 0.754. The molecule has 1 aromatic rings. The van der Waals surface area contributed by atoms with Gasteiger partial charge in [0.15, 0.2) is 0 Å². The van der Waals surface area contributed by atoms with Gasteiger partial charge in [0.25, 0.3) is 0 Å². The SMILES string of the molecule is c1ccc(CN2C3CCCC2COC3)cc1. The van der Waals surface area contributed by atoms with Gasteiger partial charge in [-0.2, -0.15) is 0 Å². The zero-order chi connectivity index (χ0) is 10.8. The number of hydrogen-bond acceptors (Lipinski definition) is 2. The molecule has 16 heavy (non-hydrogen) atoms. The van der Waals surface area contributed by atoms with Gasteiger partial charge in [0.05, 0.1) is 13.2 Å². The maximum Gasteiger partial charge on any atom is 0.0622 e. The van der Waals surface area contributed by atoms with Gasteiger partial charge in [-0.15, -0.1) is 0 Å². The molecule has 0 spiro atoms. The van der Waals surface area contributed by atoms with E-state index in [1.54, 1.807) is 0 Å². The van der Waals surface area contributed by atoms with Crippen molar-refractivity contribution in [1.29, 1.82) is 0 Å². The molecule has 2 fully saturated rings. The Kier molecular flexibility index (Phi) is 2.94. The Morgan fingerprint density at radius 3 is 2.44 bits per heavy atom. The summed E-state index contributed by atoms with van der Waals surface area (Å²) in [7, 11) is 0. The number of hydrogen-bond donors (Lipinski definition) is 0. The second kappa shape index (κ2) is 4.56. The third-order valence-electron chi connectivity index (χ3n) is 3.84. The summed E-state index contributed by atoms with van der Waals surface area (Å²) in [5, 5.41) is 0. The number of morpholine rings is 1. The molecule has 2 nitrogen and oxygen atoms in total. The summed E-state index contributed by atoms with van der Waals surface area (Å²) in [5.74, 6) is 0. The Bertz CT molecular complexity index is 316. The van der Waals surface area contributed by atoms with E-state index in [-0.39, 0.29) is 0 Å². The predicted octanol–water partition coefficient (Wildman–Crippen LogP) is 2.44. The van der Waals surface area contributed by atoms with Crippen LogP contribution in [0.1, 0.15) is 24.8 Å². The first-order chi connectivity index (χ1) is 7.93. The predicted molar refractivity (Wildman–Crippen MR) is 64.2 cm³/mol. The summed E-state index contributed by atoms with van der Waals surface area (Å²) < 4.78 is 5.66. The van der Waals surface area contributed by atoms with E-state index in [0.717, 1.165) is 19.8 Å². The fourth-order valence-corrected chi connectivity index (χ4v) is 2.97. The third kappa shape index (κ3) is 2.00. The van der Waals surface area contributed by atoms with Crippen LogP contribution >= 0.6 is 0 Å². The minimum atomic E-state index is 0.660. The van der Waals surface area contributed by atoms with E-state index < -0.39 is 0 Å². The summed E-state index contributed by atoms with van der Waals surface area (Å²) >= 11 is 0. The lowest BCUT2D eigenvalue weighted by atomic mass is 9.93. The van der Waals surface area contributed by atoms with Crippen molar-refractivity contribution in [2.75, 3.05) is 13.2 Å². The lowest BCUT2D eigenvalue weighted by Crippen LogP contribution is -2.54. The van der Waals surface area contributed by atoms with Gasteiger partial charge in [-0.1, -0.05) is 36.8 Å². The molecule has 86 valence electrons. The first-order valence-electron chi connectivity index (χ1n) is 6.31. The molecule has 3 rings (SSSR count). The first kappa shape index (κ1) is 10.3.